The van der Waals surface area contributed by atoms with Crippen LogP contribution in [0.25, 0.3) is 0 Å². The molecule has 0 saturated heterocycles. The van der Waals surface area contributed by atoms with Crippen LogP contribution in [0, 0.1) is 6.92 Å². The third-order valence-electron chi connectivity index (χ3n) is 3.74. The van der Waals surface area contributed by atoms with Gasteiger partial charge in [-0.2, -0.15) is 8.42 Å². The maximum atomic E-state index is 12.7. The van der Waals surface area contributed by atoms with Gasteiger partial charge in [0.25, 0.3) is 20.3 Å². The van der Waals surface area contributed by atoms with Gasteiger partial charge in [-0.15, -0.1) is 10.2 Å². The molecular weight excluding hydrogens is 400 g/mol. The molecule has 10 heteroatoms. The summed E-state index contributed by atoms with van der Waals surface area (Å²) in [6.07, 6.45) is 0. The molecule has 1 N–H and O–H groups in total. The van der Waals surface area contributed by atoms with Crippen molar-refractivity contribution in [2.45, 2.75) is 11.3 Å². The molecule has 1 amide bonds. The molecule has 0 unspecified atom stereocenters. The maximum Gasteiger partial charge on any atom is 0.293 e. The van der Waals surface area contributed by atoms with E-state index in [2.05, 4.69) is 15.5 Å². The van der Waals surface area contributed by atoms with E-state index in [1.165, 1.54) is 7.05 Å². The first-order valence-corrected chi connectivity index (χ1v) is 10.5. The first-order valence-electron chi connectivity index (χ1n) is 8.23. The monoisotopic (exact) mass is 418 g/mol. The molecule has 0 aliphatic carbocycles. The summed E-state index contributed by atoms with van der Waals surface area (Å²) in [6, 6.07) is 15.9. The zero-order valence-electron chi connectivity index (χ0n) is 15.2. The number of hydrogen-bond donors (Lipinski definition) is 1. The highest BCUT2D eigenvalue weighted by Crippen LogP contribution is 2.26. The van der Waals surface area contributed by atoms with E-state index >= 15 is 0 Å². The van der Waals surface area contributed by atoms with Gasteiger partial charge in [-0.25, -0.2) is 0 Å². The molecule has 3 rings (SSSR count). The van der Waals surface area contributed by atoms with Gasteiger partial charge < -0.3 is 4.74 Å². The van der Waals surface area contributed by atoms with Gasteiger partial charge in [0.2, 0.25) is 5.13 Å². The molecule has 146 valence electrons. The second-order valence-electron chi connectivity index (χ2n) is 5.83. The van der Waals surface area contributed by atoms with Crippen LogP contribution in [0.3, 0.4) is 0 Å². The molecule has 0 radical (unpaired) electrons. The van der Waals surface area contributed by atoms with E-state index in [4.69, 9.17) is 4.74 Å². The number of anilines is 2. The lowest BCUT2D eigenvalue weighted by Gasteiger charge is -2.17. The number of amides is 1. The standard InChI is InChI=1S/C18H18N4O4S2/c1-13-8-10-14(11-9-13)22(2)28(24,25)18-21-20-17(27-18)19-16(23)12-26-15-6-4-3-5-7-15/h3-11H,12H2,1-2H3,(H,19,20,23). The molecule has 1 aromatic heterocycles. The average molecular weight is 419 g/mol. The second kappa shape index (κ2) is 8.36. The third-order valence-corrected chi connectivity index (χ3v) is 6.71. The van der Waals surface area contributed by atoms with Gasteiger partial charge in [0.15, 0.2) is 6.61 Å². The van der Waals surface area contributed by atoms with Crippen molar-refractivity contribution in [2.75, 3.05) is 23.3 Å². The minimum absolute atomic E-state index is 0.0811. The molecule has 0 bridgehead atoms. The number of rotatable bonds is 7. The van der Waals surface area contributed by atoms with Gasteiger partial charge in [-0.3, -0.25) is 14.4 Å². The van der Waals surface area contributed by atoms with Crippen molar-refractivity contribution in [3.8, 4) is 5.75 Å². The number of aromatic nitrogens is 2. The van der Waals surface area contributed by atoms with Crippen LogP contribution in [-0.4, -0.2) is 38.2 Å². The van der Waals surface area contributed by atoms with Crippen molar-refractivity contribution in [3.05, 3.63) is 60.2 Å². The van der Waals surface area contributed by atoms with Crippen molar-refractivity contribution >= 4 is 38.1 Å². The van der Waals surface area contributed by atoms with Crippen LogP contribution in [0.15, 0.2) is 58.9 Å². The third kappa shape index (κ3) is 4.65. The van der Waals surface area contributed by atoms with Crippen LogP contribution < -0.4 is 14.4 Å². The second-order valence-corrected chi connectivity index (χ2v) is 8.95. The number of carbonyl (C=O) groups is 1. The number of ether oxygens (including phenoxy) is 1. The summed E-state index contributed by atoms with van der Waals surface area (Å²) in [4.78, 5) is 12.0. The minimum atomic E-state index is -3.88. The highest BCUT2D eigenvalue weighted by Gasteiger charge is 2.26. The SMILES string of the molecule is Cc1ccc(N(C)S(=O)(=O)c2nnc(NC(=O)COc3ccccc3)s2)cc1. The zero-order chi connectivity index (χ0) is 20.1. The molecule has 2 aromatic carbocycles. The Morgan fingerprint density at radius 1 is 1.11 bits per heavy atom. The topological polar surface area (TPSA) is 101 Å². The summed E-state index contributed by atoms with van der Waals surface area (Å²) in [5.41, 5.74) is 1.52. The molecular formula is C18H18N4O4S2. The lowest BCUT2D eigenvalue weighted by molar-refractivity contribution is -0.118. The van der Waals surface area contributed by atoms with Crippen molar-refractivity contribution in [3.63, 3.8) is 0 Å². The van der Waals surface area contributed by atoms with Crippen LogP contribution in [-0.2, 0) is 14.8 Å². The average Bonchev–Trinajstić information content (AvgIpc) is 3.16. The Balaban J connectivity index is 1.65. The van der Waals surface area contributed by atoms with E-state index in [1.54, 1.807) is 36.4 Å². The Morgan fingerprint density at radius 3 is 2.46 bits per heavy atom. The molecule has 0 aliphatic heterocycles. The van der Waals surface area contributed by atoms with Crippen LogP contribution in [0.4, 0.5) is 10.8 Å². The van der Waals surface area contributed by atoms with Crippen molar-refractivity contribution in [1.82, 2.24) is 10.2 Å². The number of nitrogens with zero attached hydrogens (tertiary/aromatic N) is 3. The number of benzene rings is 2. The Morgan fingerprint density at radius 2 is 1.79 bits per heavy atom. The molecule has 3 aromatic rings. The van der Waals surface area contributed by atoms with Gasteiger partial charge in [0, 0.05) is 7.05 Å². The zero-order valence-corrected chi connectivity index (χ0v) is 16.8. The quantitative estimate of drug-likeness (QED) is 0.592. The van der Waals surface area contributed by atoms with Crippen LogP contribution >= 0.6 is 11.3 Å². The highest BCUT2D eigenvalue weighted by atomic mass is 32.2. The van der Waals surface area contributed by atoms with E-state index in [0.717, 1.165) is 21.2 Å². The maximum absolute atomic E-state index is 12.7. The Bertz CT molecular complexity index is 1050. The number of sulfonamides is 1. The van der Waals surface area contributed by atoms with Gasteiger partial charge in [-0.05, 0) is 31.2 Å². The van der Waals surface area contributed by atoms with E-state index < -0.39 is 15.9 Å². The van der Waals surface area contributed by atoms with Crippen LogP contribution in [0.1, 0.15) is 5.56 Å². The normalized spacial score (nSPS) is 11.1. The van der Waals surface area contributed by atoms with Crippen LogP contribution in [0.2, 0.25) is 0 Å². The summed E-state index contributed by atoms with van der Waals surface area (Å²) in [5, 5.41) is 10.0. The van der Waals surface area contributed by atoms with Gasteiger partial charge in [0.05, 0.1) is 5.69 Å². The van der Waals surface area contributed by atoms with Gasteiger partial charge >= 0.3 is 0 Å². The number of para-hydroxylation sites is 1. The summed E-state index contributed by atoms with van der Waals surface area (Å²) >= 11 is 0.777. The summed E-state index contributed by atoms with van der Waals surface area (Å²) in [5.74, 6) is 0.0914. The Kier molecular flexibility index (Phi) is 5.90. The molecule has 8 nitrogen and oxygen atoms in total. The molecule has 1 heterocycles. The summed E-state index contributed by atoms with van der Waals surface area (Å²) in [6.45, 7) is 1.69. The first kappa shape index (κ1) is 19.8. The number of nitrogens with one attached hydrogen (secondary N) is 1. The van der Waals surface area contributed by atoms with E-state index in [-0.39, 0.29) is 16.1 Å². The van der Waals surface area contributed by atoms with Crippen LogP contribution in [0.5, 0.6) is 5.75 Å². The number of hydrogen-bond acceptors (Lipinski definition) is 7. The van der Waals surface area contributed by atoms with Gasteiger partial charge in [0.1, 0.15) is 5.75 Å². The van der Waals surface area contributed by atoms with Crippen molar-refractivity contribution in [2.24, 2.45) is 0 Å². The molecule has 0 spiro atoms. The van der Waals surface area contributed by atoms with E-state index in [9.17, 15) is 13.2 Å². The Labute approximate surface area is 166 Å². The fraction of sp³-hybridized carbons (Fsp3) is 0.167. The molecule has 0 fully saturated rings. The highest BCUT2D eigenvalue weighted by molar-refractivity contribution is 7.94. The number of aryl methyl sites for hydroxylation is 1. The molecule has 0 atom stereocenters. The smallest absolute Gasteiger partial charge is 0.293 e. The number of carbonyl (C=O) groups excluding carboxylic acids is 1. The van der Waals surface area contributed by atoms with Crippen molar-refractivity contribution in [1.29, 1.82) is 0 Å². The summed E-state index contributed by atoms with van der Waals surface area (Å²) in [7, 11) is -2.44. The molecule has 0 saturated carbocycles. The lowest BCUT2D eigenvalue weighted by atomic mass is 10.2. The largest absolute Gasteiger partial charge is 0.484 e. The molecule has 28 heavy (non-hydrogen) atoms. The molecule has 0 aliphatic rings. The van der Waals surface area contributed by atoms with Crippen molar-refractivity contribution < 1.29 is 17.9 Å². The lowest BCUT2D eigenvalue weighted by Crippen LogP contribution is -2.26. The minimum Gasteiger partial charge on any atom is -0.484 e. The van der Waals surface area contributed by atoms with E-state index in [0.29, 0.717) is 11.4 Å². The summed E-state index contributed by atoms with van der Waals surface area (Å²) < 4.78 is 31.7. The fourth-order valence-electron chi connectivity index (χ4n) is 2.20. The predicted octanol–water partition coefficient (Wildman–Crippen LogP) is 2.69. The predicted molar refractivity (Wildman–Crippen MR) is 107 cm³/mol. The van der Waals surface area contributed by atoms with E-state index in [1.807, 2.05) is 25.1 Å². The fourth-order valence-corrected chi connectivity index (χ4v) is 4.46. The van der Waals surface area contributed by atoms with Gasteiger partial charge in [-0.1, -0.05) is 47.2 Å². The Hall–Kier alpha value is -2.98. The first-order chi connectivity index (χ1) is 13.4.